The lowest BCUT2D eigenvalue weighted by Gasteiger charge is -2.06. The lowest BCUT2D eigenvalue weighted by Crippen LogP contribution is -2.05. The molecule has 0 saturated heterocycles. The Balaban J connectivity index is 2.28. The topological polar surface area (TPSA) is 17.1 Å². The van der Waals surface area contributed by atoms with Gasteiger partial charge in [-0.2, -0.15) is 0 Å². The van der Waals surface area contributed by atoms with Gasteiger partial charge in [-0.3, -0.25) is 4.79 Å². The highest BCUT2D eigenvalue weighted by molar-refractivity contribution is 6.39. The van der Waals surface area contributed by atoms with Gasteiger partial charge in [-0.15, -0.1) is 0 Å². The van der Waals surface area contributed by atoms with Gasteiger partial charge < -0.3 is 0 Å². The molecular weight excluding hydrogens is 274 g/mol. The van der Waals surface area contributed by atoms with Crippen molar-refractivity contribution in [2.24, 2.45) is 0 Å². The summed E-state index contributed by atoms with van der Waals surface area (Å²) >= 11 is 11.9. The fourth-order valence-electron chi connectivity index (χ4n) is 1.68. The second-order valence-corrected chi connectivity index (χ2v) is 4.64. The fraction of sp³-hybridized carbons (Fsp3) is 0.0714. The van der Waals surface area contributed by atoms with Crippen LogP contribution in [0.1, 0.15) is 15.9 Å². The second-order valence-electron chi connectivity index (χ2n) is 3.83. The van der Waals surface area contributed by atoms with Gasteiger partial charge in [0.2, 0.25) is 0 Å². The Bertz CT molecular complexity index is 576. The first kappa shape index (κ1) is 13.1. The monoisotopic (exact) mass is 282 g/mol. The number of hydrogen-bond donors (Lipinski definition) is 0. The third-order valence-corrected chi connectivity index (χ3v) is 3.13. The van der Waals surface area contributed by atoms with E-state index in [0.717, 1.165) is 0 Å². The quantitative estimate of drug-likeness (QED) is 0.755. The van der Waals surface area contributed by atoms with Gasteiger partial charge in [0.05, 0.1) is 15.6 Å². The molecule has 0 bridgehead atoms. The van der Waals surface area contributed by atoms with Crippen molar-refractivity contribution in [3.8, 4) is 0 Å². The largest absolute Gasteiger partial charge is 0.294 e. The van der Waals surface area contributed by atoms with Crippen LogP contribution in [0.4, 0.5) is 4.39 Å². The Morgan fingerprint density at radius 3 is 2.28 bits per heavy atom. The van der Waals surface area contributed by atoms with Crippen LogP contribution in [0.5, 0.6) is 0 Å². The summed E-state index contributed by atoms with van der Waals surface area (Å²) in [6, 6.07) is 10.8. The lowest BCUT2D eigenvalue weighted by atomic mass is 10.0. The van der Waals surface area contributed by atoms with Crippen molar-refractivity contribution < 1.29 is 9.18 Å². The second kappa shape index (κ2) is 5.51. The zero-order valence-electron chi connectivity index (χ0n) is 9.29. The Labute approximate surface area is 114 Å². The molecule has 2 aromatic rings. The SMILES string of the molecule is O=C(Cc1cccc(F)c1)c1c(Cl)cccc1Cl. The third kappa shape index (κ3) is 2.89. The van der Waals surface area contributed by atoms with Gasteiger partial charge in [-0.05, 0) is 29.8 Å². The number of carbonyl (C=O) groups is 1. The minimum absolute atomic E-state index is 0.0706. The number of carbonyl (C=O) groups excluding carboxylic acids is 1. The van der Waals surface area contributed by atoms with Crippen LogP contribution in [-0.2, 0) is 6.42 Å². The first-order valence-corrected chi connectivity index (χ1v) is 6.05. The van der Waals surface area contributed by atoms with Gasteiger partial charge >= 0.3 is 0 Å². The Morgan fingerprint density at radius 2 is 1.67 bits per heavy atom. The average Bonchev–Trinajstić information content (AvgIpc) is 2.28. The Hall–Kier alpha value is -1.38. The number of rotatable bonds is 3. The molecule has 0 amide bonds. The number of ketones is 1. The third-order valence-electron chi connectivity index (χ3n) is 2.50. The first-order valence-electron chi connectivity index (χ1n) is 5.29. The molecule has 0 aliphatic heterocycles. The lowest BCUT2D eigenvalue weighted by molar-refractivity contribution is 0.0993. The Kier molecular flexibility index (Phi) is 4.00. The molecule has 0 atom stereocenters. The van der Waals surface area contributed by atoms with Crippen molar-refractivity contribution in [2.75, 3.05) is 0 Å². The molecule has 0 spiro atoms. The van der Waals surface area contributed by atoms with Crippen molar-refractivity contribution >= 4 is 29.0 Å². The maximum absolute atomic E-state index is 13.0. The normalized spacial score (nSPS) is 10.4. The van der Waals surface area contributed by atoms with E-state index in [0.29, 0.717) is 15.6 Å². The molecule has 2 rings (SSSR count). The van der Waals surface area contributed by atoms with Crippen molar-refractivity contribution in [1.82, 2.24) is 0 Å². The number of hydrogen-bond acceptors (Lipinski definition) is 1. The molecule has 0 aromatic heterocycles. The van der Waals surface area contributed by atoms with E-state index >= 15 is 0 Å². The van der Waals surface area contributed by atoms with Crippen molar-refractivity contribution in [3.63, 3.8) is 0 Å². The van der Waals surface area contributed by atoms with E-state index in [2.05, 4.69) is 0 Å². The molecule has 1 nitrogen and oxygen atoms in total. The molecule has 0 unspecified atom stereocenters. The fourth-order valence-corrected chi connectivity index (χ4v) is 2.29. The van der Waals surface area contributed by atoms with E-state index in [4.69, 9.17) is 23.2 Å². The maximum Gasteiger partial charge on any atom is 0.170 e. The summed E-state index contributed by atoms with van der Waals surface area (Å²) in [5.41, 5.74) is 0.876. The molecule has 0 saturated carbocycles. The molecular formula is C14H9Cl2FO. The van der Waals surface area contributed by atoms with E-state index in [1.54, 1.807) is 30.3 Å². The van der Waals surface area contributed by atoms with Crippen molar-refractivity contribution in [3.05, 3.63) is 69.5 Å². The van der Waals surface area contributed by atoms with Crippen LogP contribution in [0.15, 0.2) is 42.5 Å². The van der Waals surface area contributed by atoms with Crippen LogP contribution in [0.25, 0.3) is 0 Å². The van der Waals surface area contributed by atoms with E-state index in [1.807, 2.05) is 0 Å². The van der Waals surface area contributed by atoms with Gasteiger partial charge in [0.25, 0.3) is 0 Å². The van der Waals surface area contributed by atoms with Gasteiger partial charge in [0.1, 0.15) is 5.82 Å². The molecule has 0 radical (unpaired) electrons. The number of halogens is 3. The summed E-state index contributed by atoms with van der Waals surface area (Å²) in [7, 11) is 0. The molecule has 0 aliphatic rings. The van der Waals surface area contributed by atoms with Crippen LogP contribution >= 0.6 is 23.2 Å². The molecule has 0 heterocycles. The highest BCUT2D eigenvalue weighted by atomic mass is 35.5. The van der Waals surface area contributed by atoms with Gasteiger partial charge in [-0.25, -0.2) is 4.39 Å². The highest BCUT2D eigenvalue weighted by Gasteiger charge is 2.14. The summed E-state index contributed by atoms with van der Waals surface area (Å²) in [5, 5.41) is 0.618. The number of benzene rings is 2. The van der Waals surface area contributed by atoms with E-state index in [-0.39, 0.29) is 23.6 Å². The summed E-state index contributed by atoms with van der Waals surface area (Å²) in [5.74, 6) is -0.596. The van der Waals surface area contributed by atoms with Crippen LogP contribution in [0.3, 0.4) is 0 Å². The van der Waals surface area contributed by atoms with Crippen LogP contribution < -0.4 is 0 Å². The number of Topliss-reactive ketones (excluding diaryl/α,β-unsaturated/α-hetero) is 1. The summed E-state index contributed by atoms with van der Waals surface area (Å²) in [6.45, 7) is 0. The minimum Gasteiger partial charge on any atom is -0.294 e. The average molecular weight is 283 g/mol. The molecule has 2 aromatic carbocycles. The molecule has 92 valence electrons. The Morgan fingerprint density at radius 1 is 1.06 bits per heavy atom. The predicted octanol–water partition coefficient (Wildman–Crippen LogP) is 4.56. The molecule has 0 N–H and O–H groups in total. The standard InChI is InChI=1S/C14H9Cl2FO/c15-11-5-2-6-12(16)14(11)13(18)8-9-3-1-4-10(17)7-9/h1-7H,8H2. The van der Waals surface area contributed by atoms with E-state index in [1.165, 1.54) is 12.1 Å². The predicted molar refractivity (Wildman–Crippen MR) is 70.9 cm³/mol. The van der Waals surface area contributed by atoms with E-state index < -0.39 is 0 Å². The van der Waals surface area contributed by atoms with Gasteiger partial charge in [-0.1, -0.05) is 41.4 Å². The van der Waals surface area contributed by atoms with Crippen LogP contribution in [0.2, 0.25) is 10.0 Å². The maximum atomic E-state index is 13.0. The smallest absolute Gasteiger partial charge is 0.170 e. The molecule has 4 heteroatoms. The zero-order valence-corrected chi connectivity index (χ0v) is 10.8. The van der Waals surface area contributed by atoms with Gasteiger partial charge in [0.15, 0.2) is 5.78 Å². The minimum atomic E-state index is -0.370. The zero-order chi connectivity index (χ0) is 13.1. The van der Waals surface area contributed by atoms with E-state index in [9.17, 15) is 9.18 Å². The summed E-state index contributed by atoms with van der Waals surface area (Å²) in [4.78, 5) is 12.1. The summed E-state index contributed by atoms with van der Waals surface area (Å²) < 4.78 is 13.0. The summed E-state index contributed by atoms with van der Waals surface area (Å²) in [6.07, 6.45) is 0.0706. The van der Waals surface area contributed by atoms with Crippen molar-refractivity contribution in [2.45, 2.75) is 6.42 Å². The van der Waals surface area contributed by atoms with Crippen LogP contribution in [-0.4, -0.2) is 5.78 Å². The van der Waals surface area contributed by atoms with Crippen LogP contribution in [0, 0.1) is 5.82 Å². The highest BCUT2D eigenvalue weighted by Crippen LogP contribution is 2.25. The molecule has 0 aliphatic carbocycles. The molecule has 0 fully saturated rings. The van der Waals surface area contributed by atoms with Gasteiger partial charge in [0, 0.05) is 6.42 Å². The molecule has 18 heavy (non-hydrogen) atoms. The first-order chi connectivity index (χ1) is 8.58. The van der Waals surface area contributed by atoms with Crippen molar-refractivity contribution in [1.29, 1.82) is 0 Å².